The summed E-state index contributed by atoms with van der Waals surface area (Å²) in [4.78, 5) is 0. The molecule has 3 rings (SSSR count). The first kappa shape index (κ1) is 19.2. The predicted octanol–water partition coefficient (Wildman–Crippen LogP) is 5.10. The van der Waals surface area contributed by atoms with E-state index in [4.69, 9.17) is 18.1 Å². The van der Waals surface area contributed by atoms with Crippen molar-refractivity contribution in [2.24, 2.45) is 0 Å². The minimum absolute atomic E-state index is 0.655. The van der Waals surface area contributed by atoms with Crippen molar-refractivity contribution >= 4 is 7.51 Å². The van der Waals surface area contributed by atoms with Gasteiger partial charge in [-0.05, 0) is 0 Å². The molecule has 1 aromatic rings. The van der Waals surface area contributed by atoms with Crippen LogP contribution in [0.1, 0.15) is 66.8 Å². The molecule has 0 amide bonds. The van der Waals surface area contributed by atoms with Crippen LogP contribution in [-0.4, -0.2) is 27.5 Å². The van der Waals surface area contributed by atoms with E-state index in [0.29, 0.717) is 5.56 Å². The van der Waals surface area contributed by atoms with E-state index in [1.165, 1.54) is 0 Å². The Morgan fingerprint density at radius 3 is 1.32 bits per heavy atom. The van der Waals surface area contributed by atoms with E-state index >= 15 is 0 Å². The number of aliphatic hydroxyl groups is 1. The van der Waals surface area contributed by atoms with Crippen molar-refractivity contribution in [3.05, 3.63) is 35.9 Å². The van der Waals surface area contributed by atoms with Crippen LogP contribution in [0, 0.1) is 0 Å². The van der Waals surface area contributed by atoms with Gasteiger partial charge in [-0.2, -0.15) is 0 Å². The molecule has 1 atom stereocenters. The van der Waals surface area contributed by atoms with Crippen molar-refractivity contribution in [2.75, 3.05) is 0 Å². The van der Waals surface area contributed by atoms with E-state index in [-0.39, 0.29) is 0 Å². The van der Waals surface area contributed by atoms with Gasteiger partial charge in [0.05, 0.1) is 0 Å². The molecular weight excluding hydrogens is 339 g/mol. The van der Waals surface area contributed by atoms with Gasteiger partial charge in [0.25, 0.3) is 0 Å². The summed E-state index contributed by atoms with van der Waals surface area (Å²) in [6.45, 7) is 15.5. The molecule has 0 bridgehead atoms. The zero-order valence-electron chi connectivity index (χ0n) is 16.5. The topological polar surface area (TPSA) is 57.2 Å². The normalized spacial score (nSPS) is 32.8. The average Bonchev–Trinajstić information content (AvgIpc) is 2.70. The number of benzene rings is 1. The summed E-state index contributed by atoms with van der Waals surface area (Å²) in [6, 6.07) is 9.30. The Bertz CT molecular complexity index is 605. The van der Waals surface area contributed by atoms with Crippen LogP contribution >= 0.6 is 7.51 Å². The molecule has 0 aromatic heterocycles. The molecule has 25 heavy (non-hydrogen) atoms. The zero-order chi connectivity index (χ0) is 19.0. The van der Waals surface area contributed by atoms with Gasteiger partial charge < -0.3 is 0 Å². The van der Waals surface area contributed by atoms with Crippen LogP contribution < -0.4 is 0 Å². The molecule has 142 valence electrons. The second kappa shape index (κ2) is 5.03. The van der Waals surface area contributed by atoms with Gasteiger partial charge >= 0.3 is 150 Å². The fourth-order valence-corrected chi connectivity index (χ4v) is 8.72. The molecule has 6 heteroatoms. The van der Waals surface area contributed by atoms with Gasteiger partial charge in [-0.1, -0.05) is 0 Å². The van der Waals surface area contributed by atoms with E-state index in [1.807, 2.05) is 85.7 Å². The van der Waals surface area contributed by atoms with Crippen LogP contribution in [0.15, 0.2) is 30.3 Å². The third-order valence-electron chi connectivity index (χ3n) is 5.97. The summed E-state index contributed by atoms with van der Waals surface area (Å²) >= 11 is 0. The monoisotopic (exact) mass is 370 g/mol. The molecule has 0 saturated carbocycles. The molecule has 1 aromatic carbocycles. The van der Waals surface area contributed by atoms with Crippen molar-refractivity contribution in [3.63, 3.8) is 0 Å². The van der Waals surface area contributed by atoms with Gasteiger partial charge in [0, 0.05) is 0 Å². The number of aliphatic hydroxyl groups excluding tert-OH is 1. The van der Waals surface area contributed by atoms with E-state index in [1.54, 1.807) is 0 Å². The molecule has 1 unspecified atom stereocenters. The summed E-state index contributed by atoms with van der Waals surface area (Å²) in [6.07, 6.45) is 0. The summed E-state index contributed by atoms with van der Waals surface area (Å²) in [5, 5.41) is 11.4. The van der Waals surface area contributed by atoms with Gasteiger partial charge in [0.1, 0.15) is 0 Å². The SMILES string of the molecule is CC1(C)OP2(C(O)c3ccccc3)(OC1(C)C)OC(C)(C)C(C)(C)O2. The molecule has 0 radical (unpaired) electrons. The van der Waals surface area contributed by atoms with Gasteiger partial charge in [-0.15, -0.1) is 0 Å². The summed E-state index contributed by atoms with van der Waals surface area (Å²) < 4.78 is 26.0. The van der Waals surface area contributed by atoms with Crippen LogP contribution in [0.3, 0.4) is 0 Å². The molecule has 1 N–H and O–H groups in total. The Morgan fingerprint density at radius 2 is 1.00 bits per heavy atom. The molecule has 5 nitrogen and oxygen atoms in total. The first-order valence-electron chi connectivity index (χ1n) is 8.76. The van der Waals surface area contributed by atoms with Crippen molar-refractivity contribution < 1.29 is 23.2 Å². The van der Waals surface area contributed by atoms with Crippen LogP contribution in [0.4, 0.5) is 0 Å². The van der Waals surface area contributed by atoms with Crippen LogP contribution in [-0.2, 0) is 18.1 Å². The van der Waals surface area contributed by atoms with Gasteiger partial charge in [-0.25, -0.2) is 0 Å². The van der Waals surface area contributed by atoms with Crippen LogP contribution in [0.2, 0.25) is 0 Å². The average molecular weight is 370 g/mol. The van der Waals surface area contributed by atoms with Gasteiger partial charge in [0.2, 0.25) is 0 Å². The summed E-state index contributed by atoms with van der Waals surface area (Å²) in [5.41, 5.74) is -2.13. The molecule has 2 heterocycles. The third kappa shape index (κ3) is 2.52. The molecule has 1 spiro atoms. The molecule has 0 aliphatic carbocycles. The Kier molecular flexibility index (Phi) is 3.87. The van der Waals surface area contributed by atoms with Crippen molar-refractivity contribution in [1.82, 2.24) is 0 Å². The Labute approximate surface area is 150 Å². The third-order valence-corrected chi connectivity index (χ3v) is 10.2. The number of hydrogen-bond donors (Lipinski definition) is 1. The zero-order valence-corrected chi connectivity index (χ0v) is 17.4. The standard InChI is InChI=1S/C19H31O5P/c1-16(2)17(3,4)22-25(21-16,15(20)14-12-10-9-11-13-14)23-18(5,6)19(7,8)24-25/h9-13,15,20H,1-8H3. The first-order valence-corrected chi connectivity index (χ1v) is 10.7. The fraction of sp³-hybridized carbons (Fsp3) is 0.684. The maximum atomic E-state index is 11.4. The molecular formula is C19H31O5P. The minimum atomic E-state index is -4.35. The second-order valence-electron chi connectivity index (χ2n) is 9.06. The fourth-order valence-electron chi connectivity index (χ4n) is 3.26. The van der Waals surface area contributed by atoms with Gasteiger partial charge in [-0.3, -0.25) is 0 Å². The first-order chi connectivity index (χ1) is 11.2. The Balaban J connectivity index is 2.22. The van der Waals surface area contributed by atoms with Crippen molar-refractivity contribution in [1.29, 1.82) is 0 Å². The van der Waals surface area contributed by atoms with Crippen molar-refractivity contribution in [2.45, 2.75) is 83.6 Å². The van der Waals surface area contributed by atoms with E-state index in [2.05, 4.69) is 0 Å². The van der Waals surface area contributed by atoms with E-state index in [0.717, 1.165) is 0 Å². The quantitative estimate of drug-likeness (QED) is 0.734. The van der Waals surface area contributed by atoms with Crippen molar-refractivity contribution in [3.8, 4) is 0 Å². The molecule has 2 aliphatic heterocycles. The van der Waals surface area contributed by atoms with Crippen LogP contribution in [0.5, 0.6) is 0 Å². The second-order valence-corrected chi connectivity index (χ2v) is 12.0. The number of hydrogen-bond acceptors (Lipinski definition) is 5. The summed E-state index contributed by atoms with van der Waals surface area (Å²) in [7, 11) is -4.35. The predicted molar refractivity (Wildman–Crippen MR) is 99.0 cm³/mol. The van der Waals surface area contributed by atoms with E-state index in [9.17, 15) is 5.11 Å². The Morgan fingerprint density at radius 1 is 0.680 bits per heavy atom. The van der Waals surface area contributed by atoms with Crippen LogP contribution in [0.25, 0.3) is 0 Å². The van der Waals surface area contributed by atoms with E-state index < -0.39 is 35.8 Å². The molecule has 2 aliphatic rings. The molecule has 2 saturated heterocycles. The summed E-state index contributed by atoms with van der Waals surface area (Å²) in [5.74, 6) is -1.16. The maximum absolute atomic E-state index is 11.4. The van der Waals surface area contributed by atoms with Gasteiger partial charge in [0.15, 0.2) is 0 Å². The Hall–Kier alpha value is -0.550. The number of rotatable bonds is 2. The molecule has 2 fully saturated rings.